The minimum absolute atomic E-state index is 0.412. The molecule has 0 spiro atoms. The molecule has 32 heavy (non-hydrogen) atoms. The lowest BCUT2D eigenvalue weighted by Crippen LogP contribution is -2.49. The van der Waals surface area contributed by atoms with E-state index >= 15 is 0 Å². The van der Waals surface area contributed by atoms with Crippen molar-refractivity contribution in [2.45, 2.75) is 58.3 Å². The number of hydrogen-bond donors (Lipinski definition) is 0. The number of anilines is 1. The molecular weight excluding hydrogens is 418 g/mol. The fraction of sp³-hybridized carbons (Fsp3) is 0.760. The molecule has 7 heteroatoms. The molecule has 2 fully saturated rings. The van der Waals surface area contributed by atoms with Crippen LogP contribution in [-0.4, -0.2) is 85.3 Å². The van der Waals surface area contributed by atoms with E-state index in [-0.39, 0.29) is 0 Å². The molecule has 2 aromatic heterocycles. The van der Waals surface area contributed by atoms with Crippen molar-refractivity contribution < 1.29 is 4.74 Å². The average Bonchev–Trinajstić information content (AvgIpc) is 3.03. The van der Waals surface area contributed by atoms with Gasteiger partial charge in [0.25, 0.3) is 0 Å². The van der Waals surface area contributed by atoms with Gasteiger partial charge in [-0.3, -0.25) is 9.80 Å². The molecule has 2 aliphatic heterocycles. The van der Waals surface area contributed by atoms with E-state index in [9.17, 15) is 0 Å². The first-order valence-corrected chi connectivity index (χ1v) is 13.6. The van der Waals surface area contributed by atoms with Crippen molar-refractivity contribution >= 4 is 27.4 Å². The number of thiophene rings is 1. The van der Waals surface area contributed by atoms with Crippen LogP contribution in [0.2, 0.25) is 0 Å². The van der Waals surface area contributed by atoms with E-state index in [2.05, 4.69) is 28.5 Å². The summed E-state index contributed by atoms with van der Waals surface area (Å²) in [5.74, 6) is 2.69. The molecule has 0 N–H and O–H groups in total. The maximum absolute atomic E-state index is 5.49. The van der Waals surface area contributed by atoms with Crippen molar-refractivity contribution in [1.29, 1.82) is 0 Å². The lowest BCUT2D eigenvalue weighted by atomic mass is 10.1. The van der Waals surface area contributed by atoms with E-state index < -0.39 is 0 Å². The number of morpholine rings is 1. The van der Waals surface area contributed by atoms with Crippen molar-refractivity contribution in [3.05, 3.63) is 16.3 Å². The van der Waals surface area contributed by atoms with E-state index in [0.717, 1.165) is 71.3 Å². The SMILES string of the molecule is CCC(C)c1nc(N2CCN(CCN3CCOCC3)CC2)c2c3c(sc2n1)CCCCC3. The minimum atomic E-state index is 0.412. The molecule has 1 aliphatic carbocycles. The van der Waals surface area contributed by atoms with Crippen molar-refractivity contribution in [2.24, 2.45) is 0 Å². The first-order valence-electron chi connectivity index (χ1n) is 12.8. The normalized spacial score (nSPS) is 22.1. The molecule has 176 valence electrons. The zero-order valence-corrected chi connectivity index (χ0v) is 20.8. The number of hydrogen-bond acceptors (Lipinski definition) is 7. The third-order valence-corrected chi connectivity index (χ3v) is 8.81. The van der Waals surface area contributed by atoms with Crippen molar-refractivity contribution in [1.82, 2.24) is 19.8 Å². The smallest absolute Gasteiger partial charge is 0.141 e. The Hall–Kier alpha value is -1.28. The fourth-order valence-corrected chi connectivity index (χ4v) is 6.52. The highest BCUT2D eigenvalue weighted by Gasteiger charge is 2.26. The number of ether oxygens (including phenoxy) is 1. The van der Waals surface area contributed by atoms with Gasteiger partial charge in [-0.25, -0.2) is 9.97 Å². The summed E-state index contributed by atoms with van der Waals surface area (Å²) in [5, 5.41) is 1.39. The monoisotopic (exact) mass is 457 g/mol. The second-order valence-corrected chi connectivity index (χ2v) is 10.8. The summed E-state index contributed by atoms with van der Waals surface area (Å²) in [6, 6.07) is 0. The van der Waals surface area contributed by atoms with Crippen LogP contribution in [0.5, 0.6) is 0 Å². The van der Waals surface area contributed by atoms with Crippen LogP contribution in [0.15, 0.2) is 0 Å². The van der Waals surface area contributed by atoms with Crippen LogP contribution in [0, 0.1) is 0 Å². The fourth-order valence-electron chi connectivity index (χ4n) is 5.25. The van der Waals surface area contributed by atoms with E-state index in [0.29, 0.717) is 5.92 Å². The van der Waals surface area contributed by atoms with Crippen LogP contribution >= 0.6 is 11.3 Å². The highest BCUT2D eigenvalue weighted by molar-refractivity contribution is 7.19. The average molecular weight is 458 g/mol. The Balaban J connectivity index is 1.35. The maximum Gasteiger partial charge on any atom is 0.141 e. The van der Waals surface area contributed by atoms with Gasteiger partial charge in [0.05, 0.1) is 18.6 Å². The number of fused-ring (bicyclic) bond motifs is 3. The second-order valence-electron chi connectivity index (χ2n) is 9.74. The van der Waals surface area contributed by atoms with Crippen LogP contribution in [-0.2, 0) is 17.6 Å². The third-order valence-electron chi connectivity index (χ3n) is 7.62. The van der Waals surface area contributed by atoms with Crippen LogP contribution in [0.4, 0.5) is 5.82 Å². The number of aromatic nitrogens is 2. The Morgan fingerprint density at radius 3 is 2.38 bits per heavy atom. The summed E-state index contributed by atoms with van der Waals surface area (Å²) >= 11 is 1.95. The Labute approximate surface area is 197 Å². The quantitative estimate of drug-likeness (QED) is 0.613. The zero-order valence-electron chi connectivity index (χ0n) is 19.9. The van der Waals surface area contributed by atoms with Gasteiger partial charge in [-0.15, -0.1) is 11.3 Å². The minimum Gasteiger partial charge on any atom is -0.379 e. The number of nitrogens with zero attached hydrogens (tertiary/aromatic N) is 5. The summed E-state index contributed by atoms with van der Waals surface area (Å²) in [5.41, 5.74) is 1.57. The van der Waals surface area contributed by atoms with E-state index in [1.165, 1.54) is 54.7 Å². The Bertz CT molecular complexity index is 901. The molecule has 4 heterocycles. The third kappa shape index (κ3) is 4.81. The molecule has 0 radical (unpaired) electrons. The molecule has 5 rings (SSSR count). The largest absolute Gasteiger partial charge is 0.379 e. The van der Waals surface area contributed by atoms with Gasteiger partial charge in [0.15, 0.2) is 0 Å². The molecule has 1 atom stereocenters. The summed E-state index contributed by atoms with van der Waals surface area (Å²) < 4.78 is 5.49. The molecule has 0 amide bonds. The van der Waals surface area contributed by atoms with Gasteiger partial charge in [-0.1, -0.05) is 20.3 Å². The van der Waals surface area contributed by atoms with Crippen LogP contribution in [0.1, 0.15) is 61.7 Å². The summed E-state index contributed by atoms with van der Waals surface area (Å²) in [6.45, 7) is 15.2. The first kappa shape index (κ1) is 22.5. The van der Waals surface area contributed by atoms with Gasteiger partial charge in [0.1, 0.15) is 16.5 Å². The Morgan fingerprint density at radius 1 is 0.906 bits per heavy atom. The van der Waals surface area contributed by atoms with Crippen LogP contribution in [0.25, 0.3) is 10.2 Å². The van der Waals surface area contributed by atoms with E-state index in [4.69, 9.17) is 14.7 Å². The predicted octanol–water partition coefficient (Wildman–Crippen LogP) is 3.93. The molecule has 0 bridgehead atoms. The zero-order chi connectivity index (χ0) is 21.9. The highest BCUT2D eigenvalue weighted by atomic mass is 32.1. The van der Waals surface area contributed by atoms with E-state index in [1.54, 1.807) is 10.4 Å². The molecule has 2 aromatic rings. The summed E-state index contributed by atoms with van der Waals surface area (Å²) in [7, 11) is 0. The highest BCUT2D eigenvalue weighted by Crippen LogP contribution is 2.40. The topological polar surface area (TPSA) is 44.7 Å². The van der Waals surface area contributed by atoms with E-state index in [1.807, 2.05) is 11.3 Å². The molecule has 0 saturated carbocycles. The van der Waals surface area contributed by atoms with Crippen molar-refractivity contribution in [3.8, 4) is 0 Å². The van der Waals surface area contributed by atoms with Gasteiger partial charge in [0.2, 0.25) is 0 Å². The number of aryl methyl sites for hydroxylation is 2. The van der Waals surface area contributed by atoms with Crippen molar-refractivity contribution in [2.75, 3.05) is 70.5 Å². The Morgan fingerprint density at radius 2 is 1.62 bits per heavy atom. The van der Waals surface area contributed by atoms with Gasteiger partial charge in [0, 0.05) is 63.2 Å². The summed E-state index contributed by atoms with van der Waals surface area (Å²) in [4.78, 5) is 20.9. The second kappa shape index (κ2) is 10.3. The van der Waals surface area contributed by atoms with Crippen LogP contribution in [0.3, 0.4) is 0 Å². The summed E-state index contributed by atoms with van der Waals surface area (Å²) in [6.07, 6.45) is 7.50. The molecule has 6 nitrogen and oxygen atoms in total. The molecular formula is C25H39N5OS. The maximum atomic E-state index is 5.49. The van der Waals surface area contributed by atoms with Gasteiger partial charge < -0.3 is 9.64 Å². The number of piperazine rings is 1. The molecule has 2 saturated heterocycles. The van der Waals surface area contributed by atoms with Gasteiger partial charge in [-0.05, 0) is 37.7 Å². The Kier molecular flexibility index (Phi) is 7.26. The van der Waals surface area contributed by atoms with Crippen LogP contribution < -0.4 is 4.90 Å². The van der Waals surface area contributed by atoms with Crippen molar-refractivity contribution in [3.63, 3.8) is 0 Å². The first-order chi connectivity index (χ1) is 15.7. The van der Waals surface area contributed by atoms with Gasteiger partial charge in [-0.2, -0.15) is 0 Å². The lowest BCUT2D eigenvalue weighted by Gasteiger charge is -2.37. The molecule has 3 aliphatic rings. The predicted molar refractivity (Wildman–Crippen MR) is 133 cm³/mol. The lowest BCUT2D eigenvalue weighted by molar-refractivity contribution is 0.0331. The number of rotatable bonds is 6. The molecule has 1 unspecified atom stereocenters. The molecule has 0 aromatic carbocycles. The van der Waals surface area contributed by atoms with Gasteiger partial charge >= 0.3 is 0 Å². The standard InChI is InChI=1S/C25H39N5OS/c1-3-19(2)23-26-24(22-20-7-5-4-6-8-21(20)32-25(22)27-23)30-13-11-28(12-14-30)9-10-29-15-17-31-18-16-29/h19H,3-18H2,1-2H3.